The summed E-state index contributed by atoms with van der Waals surface area (Å²) in [4.78, 5) is 30.0. The van der Waals surface area contributed by atoms with Gasteiger partial charge in [0, 0.05) is 37.7 Å². The fraction of sp³-hybridized carbons (Fsp3) is 0.591. The van der Waals surface area contributed by atoms with Crippen LogP contribution in [0.4, 0.5) is 0 Å². The lowest BCUT2D eigenvalue weighted by molar-refractivity contribution is -0.158. The molecule has 1 N–H and O–H groups in total. The maximum Gasteiger partial charge on any atom is 0.254 e. The van der Waals surface area contributed by atoms with Crippen molar-refractivity contribution in [1.29, 1.82) is 5.26 Å². The molecule has 1 spiro atoms. The Bertz CT molecular complexity index is 919. The molecule has 2 aliphatic carbocycles. The molecule has 4 aliphatic rings. The van der Waals surface area contributed by atoms with Gasteiger partial charge in [-0.05, 0) is 50.3 Å². The Labute approximate surface area is 169 Å². The predicted molar refractivity (Wildman–Crippen MR) is 103 cm³/mol. The Morgan fingerprint density at radius 2 is 1.86 bits per heavy atom. The van der Waals surface area contributed by atoms with E-state index in [4.69, 9.17) is 10.00 Å². The molecule has 2 saturated carbocycles. The van der Waals surface area contributed by atoms with E-state index in [0.717, 1.165) is 32.1 Å². The summed E-state index contributed by atoms with van der Waals surface area (Å²) in [6.45, 7) is 2.88. The zero-order valence-electron chi connectivity index (χ0n) is 16.4. The number of fused-ring (bicyclic) bond motifs is 2. The minimum atomic E-state index is -0.308. The maximum atomic E-state index is 13.5. The van der Waals surface area contributed by atoms with Crippen LogP contribution in [0.25, 0.3) is 0 Å². The van der Waals surface area contributed by atoms with Gasteiger partial charge in [-0.3, -0.25) is 9.59 Å². The molecule has 4 fully saturated rings. The van der Waals surface area contributed by atoms with E-state index in [1.165, 1.54) is 18.2 Å². The first-order valence-electron chi connectivity index (χ1n) is 10.5. The van der Waals surface area contributed by atoms with Gasteiger partial charge in [0.05, 0.1) is 29.3 Å². The molecule has 0 unspecified atom stereocenters. The molecule has 1 aromatic carbocycles. The van der Waals surface area contributed by atoms with Crippen LogP contribution in [0, 0.1) is 22.7 Å². The number of phenols is 1. The lowest BCUT2D eigenvalue weighted by Gasteiger charge is -2.45. The van der Waals surface area contributed by atoms with E-state index < -0.39 is 0 Å². The quantitative estimate of drug-likeness (QED) is 0.825. The molecule has 2 amide bonds. The number of hydrogen-bond acceptors (Lipinski definition) is 5. The Morgan fingerprint density at radius 1 is 1.10 bits per heavy atom. The number of benzene rings is 1. The topological polar surface area (TPSA) is 93.9 Å². The minimum Gasteiger partial charge on any atom is -0.508 e. The van der Waals surface area contributed by atoms with E-state index in [1.54, 1.807) is 4.90 Å². The van der Waals surface area contributed by atoms with Crippen LogP contribution in [0.2, 0.25) is 0 Å². The summed E-state index contributed by atoms with van der Waals surface area (Å²) in [5, 5.41) is 18.9. The molecule has 1 aromatic rings. The summed E-state index contributed by atoms with van der Waals surface area (Å²) in [7, 11) is 0. The van der Waals surface area contributed by atoms with E-state index >= 15 is 0 Å². The van der Waals surface area contributed by atoms with Crippen LogP contribution in [0.1, 0.15) is 48.0 Å². The second-order valence-corrected chi connectivity index (χ2v) is 8.85. The molecular formula is C22H25N3O4. The first kappa shape index (κ1) is 18.4. The maximum absolute atomic E-state index is 13.5. The molecule has 5 rings (SSSR count). The smallest absolute Gasteiger partial charge is 0.254 e. The lowest BCUT2D eigenvalue weighted by atomic mass is 9.68. The number of aromatic hydroxyl groups is 1. The highest BCUT2D eigenvalue weighted by molar-refractivity contribution is 5.95. The number of phenolic OH excluding ortho intramolecular Hbond substituents is 1. The van der Waals surface area contributed by atoms with E-state index in [2.05, 4.69) is 0 Å². The average Bonchev–Trinajstić information content (AvgIpc) is 3.39. The average molecular weight is 395 g/mol. The fourth-order valence-electron chi connectivity index (χ4n) is 5.61. The van der Waals surface area contributed by atoms with Crippen LogP contribution in [0.5, 0.6) is 5.75 Å². The van der Waals surface area contributed by atoms with E-state index in [0.29, 0.717) is 44.3 Å². The van der Waals surface area contributed by atoms with E-state index in [-0.39, 0.29) is 34.1 Å². The summed E-state index contributed by atoms with van der Waals surface area (Å²) in [5.74, 6) is 0.282. The summed E-state index contributed by atoms with van der Waals surface area (Å²) < 4.78 is 6.07. The molecule has 0 bridgehead atoms. The largest absolute Gasteiger partial charge is 0.508 e. The lowest BCUT2D eigenvalue weighted by Crippen LogP contribution is -2.54. The molecular weight excluding hydrogens is 370 g/mol. The first-order chi connectivity index (χ1) is 14.0. The van der Waals surface area contributed by atoms with Crippen LogP contribution in [0.15, 0.2) is 18.2 Å². The molecule has 29 heavy (non-hydrogen) atoms. The van der Waals surface area contributed by atoms with Crippen LogP contribution in [-0.4, -0.2) is 65.1 Å². The predicted octanol–water partition coefficient (Wildman–Crippen LogP) is 1.90. The highest BCUT2D eigenvalue weighted by Gasteiger charge is 2.77. The Hall–Kier alpha value is -2.59. The molecule has 0 radical (unpaired) electrons. The van der Waals surface area contributed by atoms with Crippen LogP contribution >= 0.6 is 0 Å². The zero-order valence-corrected chi connectivity index (χ0v) is 16.4. The van der Waals surface area contributed by atoms with Gasteiger partial charge in [0.15, 0.2) is 0 Å². The van der Waals surface area contributed by atoms with Crippen molar-refractivity contribution in [1.82, 2.24) is 9.80 Å². The fourth-order valence-corrected chi connectivity index (χ4v) is 5.61. The Kier molecular flexibility index (Phi) is 4.11. The summed E-state index contributed by atoms with van der Waals surface area (Å²) in [5.41, 5.74) is 0.0362. The highest BCUT2D eigenvalue weighted by atomic mass is 16.5. The number of carbonyl (C=O) groups excluding carboxylic acids is 2. The molecule has 7 heteroatoms. The van der Waals surface area contributed by atoms with E-state index in [9.17, 15) is 14.7 Å². The van der Waals surface area contributed by atoms with Crippen LogP contribution in [-0.2, 0) is 9.53 Å². The summed E-state index contributed by atoms with van der Waals surface area (Å²) >= 11 is 0. The van der Waals surface area contributed by atoms with Crippen molar-refractivity contribution in [2.45, 2.75) is 37.7 Å². The second kappa shape index (κ2) is 6.46. The molecule has 2 saturated heterocycles. The first-order valence-corrected chi connectivity index (χ1v) is 10.5. The number of nitrogens with zero attached hydrogens (tertiary/aromatic N) is 3. The zero-order chi connectivity index (χ0) is 20.2. The van der Waals surface area contributed by atoms with E-state index in [1.807, 2.05) is 11.0 Å². The van der Waals surface area contributed by atoms with Crippen molar-refractivity contribution in [3.05, 3.63) is 29.3 Å². The normalized spacial score (nSPS) is 29.6. The third kappa shape index (κ3) is 2.66. The SMILES string of the molecule is N#Cc1cc(O)cc(C(=O)N2CCCN(C(=O)[C@]34C[C@H]3COC43CCC3)CC2)c1. The van der Waals surface area contributed by atoms with Crippen LogP contribution < -0.4 is 0 Å². The monoisotopic (exact) mass is 395 g/mol. The van der Waals surface area contributed by atoms with Gasteiger partial charge in [-0.15, -0.1) is 0 Å². The van der Waals surface area contributed by atoms with Crippen molar-refractivity contribution in [3.63, 3.8) is 0 Å². The molecule has 2 aliphatic heterocycles. The van der Waals surface area contributed by atoms with Crippen molar-refractivity contribution in [3.8, 4) is 11.8 Å². The molecule has 2 atom stereocenters. The number of ether oxygens (including phenoxy) is 1. The number of amides is 2. The summed E-state index contributed by atoms with van der Waals surface area (Å²) in [6.07, 6.45) is 4.79. The molecule has 0 aromatic heterocycles. The second-order valence-electron chi connectivity index (χ2n) is 8.85. The minimum absolute atomic E-state index is 0.0927. The van der Waals surface area contributed by atoms with Gasteiger partial charge in [-0.1, -0.05) is 0 Å². The highest BCUT2D eigenvalue weighted by Crippen LogP contribution is 2.71. The number of nitriles is 1. The summed E-state index contributed by atoms with van der Waals surface area (Å²) in [6, 6.07) is 6.19. The molecule has 2 heterocycles. The van der Waals surface area contributed by atoms with Gasteiger partial charge in [0.1, 0.15) is 5.75 Å². The van der Waals surface area contributed by atoms with Crippen molar-refractivity contribution < 1.29 is 19.4 Å². The molecule has 152 valence electrons. The van der Waals surface area contributed by atoms with Crippen molar-refractivity contribution >= 4 is 11.8 Å². The molecule has 7 nitrogen and oxygen atoms in total. The van der Waals surface area contributed by atoms with Crippen molar-refractivity contribution in [2.24, 2.45) is 11.3 Å². The Morgan fingerprint density at radius 3 is 2.55 bits per heavy atom. The van der Waals surface area contributed by atoms with Crippen molar-refractivity contribution in [2.75, 3.05) is 32.8 Å². The standard InChI is InChI=1S/C22H25N3O4/c23-13-15-9-16(11-18(26)10-15)19(27)24-5-2-6-25(8-7-24)20(28)22-12-17(22)14-29-21(22)3-1-4-21/h9-11,17,26H,1-8,12,14H2/t17-,22-/m0/s1. The third-order valence-corrected chi connectivity index (χ3v) is 7.39. The third-order valence-electron chi connectivity index (χ3n) is 7.39. The van der Waals surface area contributed by atoms with Gasteiger partial charge in [-0.2, -0.15) is 5.26 Å². The van der Waals surface area contributed by atoms with Crippen LogP contribution in [0.3, 0.4) is 0 Å². The number of rotatable bonds is 2. The van der Waals surface area contributed by atoms with Gasteiger partial charge in [0.25, 0.3) is 5.91 Å². The number of hydrogen-bond donors (Lipinski definition) is 1. The van der Waals surface area contributed by atoms with Gasteiger partial charge >= 0.3 is 0 Å². The Balaban J connectivity index is 1.29. The van der Waals surface area contributed by atoms with Gasteiger partial charge in [0.2, 0.25) is 5.91 Å². The number of carbonyl (C=O) groups is 2. The van der Waals surface area contributed by atoms with Gasteiger partial charge in [-0.25, -0.2) is 0 Å². The van der Waals surface area contributed by atoms with Gasteiger partial charge < -0.3 is 19.6 Å².